The van der Waals surface area contributed by atoms with Gasteiger partial charge in [0.05, 0.1) is 31.0 Å². The third-order valence-electron chi connectivity index (χ3n) is 4.90. The van der Waals surface area contributed by atoms with E-state index in [2.05, 4.69) is 10.2 Å². The van der Waals surface area contributed by atoms with Gasteiger partial charge in [-0.25, -0.2) is 0 Å². The zero-order chi connectivity index (χ0) is 17.5. The Bertz CT molecular complexity index is 555. The van der Waals surface area contributed by atoms with E-state index >= 15 is 0 Å². The van der Waals surface area contributed by atoms with Gasteiger partial charge in [0.15, 0.2) is 0 Å². The van der Waals surface area contributed by atoms with Gasteiger partial charge in [0, 0.05) is 32.7 Å². The van der Waals surface area contributed by atoms with Crippen LogP contribution in [0.1, 0.15) is 29.6 Å². The van der Waals surface area contributed by atoms with Gasteiger partial charge in [0.1, 0.15) is 6.26 Å². The predicted molar refractivity (Wildman–Crippen MR) is 92.2 cm³/mol. The number of piperidine rings is 1. The summed E-state index contributed by atoms with van der Waals surface area (Å²) in [4.78, 5) is 28.9. The van der Waals surface area contributed by atoms with Crippen molar-refractivity contribution in [3.05, 3.63) is 24.2 Å². The molecule has 7 heteroatoms. The van der Waals surface area contributed by atoms with Crippen LogP contribution in [0.15, 0.2) is 23.0 Å². The summed E-state index contributed by atoms with van der Waals surface area (Å²) >= 11 is 0. The Morgan fingerprint density at radius 2 is 2.08 bits per heavy atom. The molecule has 1 N–H and O–H groups in total. The van der Waals surface area contributed by atoms with Crippen molar-refractivity contribution in [3.63, 3.8) is 0 Å². The molecule has 3 rings (SSSR count). The van der Waals surface area contributed by atoms with E-state index in [1.165, 1.54) is 12.5 Å². The summed E-state index contributed by atoms with van der Waals surface area (Å²) in [5.41, 5.74) is 0.548. The molecular weight excluding hydrogens is 322 g/mol. The highest BCUT2D eigenvalue weighted by Crippen LogP contribution is 2.19. The van der Waals surface area contributed by atoms with Crippen LogP contribution < -0.4 is 5.32 Å². The molecule has 3 heterocycles. The minimum Gasteiger partial charge on any atom is -0.472 e. The van der Waals surface area contributed by atoms with Gasteiger partial charge >= 0.3 is 0 Å². The van der Waals surface area contributed by atoms with Crippen molar-refractivity contribution in [1.82, 2.24) is 15.1 Å². The van der Waals surface area contributed by atoms with E-state index in [9.17, 15) is 9.59 Å². The topological polar surface area (TPSA) is 75.0 Å². The number of furan rings is 1. The Hall–Kier alpha value is -1.86. The second-order valence-electron chi connectivity index (χ2n) is 6.70. The van der Waals surface area contributed by atoms with E-state index in [-0.39, 0.29) is 17.7 Å². The molecule has 2 aliphatic heterocycles. The molecule has 1 aromatic heterocycles. The highest BCUT2D eigenvalue weighted by Gasteiger charge is 2.29. The number of hydrogen-bond acceptors (Lipinski definition) is 5. The average molecular weight is 349 g/mol. The average Bonchev–Trinajstić information content (AvgIpc) is 3.20. The third-order valence-corrected chi connectivity index (χ3v) is 4.90. The maximum absolute atomic E-state index is 12.4. The van der Waals surface area contributed by atoms with Gasteiger partial charge in [-0.2, -0.15) is 0 Å². The largest absolute Gasteiger partial charge is 0.472 e. The zero-order valence-electron chi connectivity index (χ0n) is 14.6. The van der Waals surface area contributed by atoms with Gasteiger partial charge in [-0.05, 0) is 31.9 Å². The van der Waals surface area contributed by atoms with Crippen LogP contribution in [0, 0.1) is 5.92 Å². The van der Waals surface area contributed by atoms with E-state index in [0.717, 1.165) is 52.1 Å². The van der Waals surface area contributed by atoms with Crippen LogP contribution in [0.2, 0.25) is 0 Å². The van der Waals surface area contributed by atoms with Crippen molar-refractivity contribution in [1.29, 1.82) is 0 Å². The van der Waals surface area contributed by atoms with Gasteiger partial charge in [-0.3, -0.25) is 14.5 Å². The lowest BCUT2D eigenvalue weighted by Crippen LogP contribution is -2.45. The molecule has 0 radical (unpaired) electrons. The molecule has 2 saturated heterocycles. The van der Waals surface area contributed by atoms with Crippen molar-refractivity contribution < 1.29 is 18.7 Å². The molecule has 138 valence electrons. The number of amides is 2. The van der Waals surface area contributed by atoms with Crippen LogP contribution in [-0.4, -0.2) is 74.1 Å². The van der Waals surface area contributed by atoms with Gasteiger partial charge < -0.3 is 19.4 Å². The fourth-order valence-corrected chi connectivity index (χ4v) is 3.43. The molecule has 0 aromatic carbocycles. The maximum atomic E-state index is 12.4. The van der Waals surface area contributed by atoms with Gasteiger partial charge in [-0.1, -0.05) is 0 Å². The monoisotopic (exact) mass is 349 g/mol. The molecule has 2 fully saturated rings. The number of nitrogens with one attached hydrogen (secondary N) is 1. The number of morpholine rings is 1. The molecule has 2 amide bonds. The first-order valence-electron chi connectivity index (χ1n) is 9.13. The standard InChI is InChI=1S/C18H27N3O4/c22-17(19-5-2-6-20-8-11-24-12-9-20)15-3-1-7-21(13-15)18(23)16-4-10-25-14-16/h4,10,14-15H,1-3,5-9,11-13H2,(H,19,22). The molecule has 0 bridgehead atoms. The fourth-order valence-electron chi connectivity index (χ4n) is 3.43. The summed E-state index contributed by atoms with van der Waals surface area (Å²) < 4.78 is 10.3. The summed E-state index contributed by atoms with van der Waals surface area (Å²) in [7, 11) is 0. The fraction of sp³-hybridized carbons (Fsp3) is 0.667. The number of carbonyl (C=O) groups excluding carboxylic acids is 2. The summed E-state index contributed by atoms with van der Waals surface area (Å²) in [5, 5.41) is 3.03. The van der Waals surface area contributed by atoms with Crippen molar-refractivity contribution in [3.8, 4) is 0 Å². The summed E-state index contributed by atoms with van der Waals surface area (Å²) in [6.45, 7) is 6.40. The number of rotatable bonds is 6. The number of likely N-dealkylation sites (tertiary alicyclic amines) is 1. The molecule has 25 heavy (non-hydrogen) atoms. The number of nitrogens with zero attached hydrogens (tertiary/aromatic N) is 2. The first kappa shape index (κ1) is 17.9. The minimum atomic E-state index is -0.118. The molecule has 1 aromatic rings. The molecular formula is C18H27N3O4. The zero-order valence-corrected chi connectivity index (χ0v) is 14.6. The van der Waals surface area contributed by atoms with Crippen molar-refractivity contribution in [2.24, 2.45) is 5.92 Å². The lowest BCUT2D eigenvalue weighted by Gasteiger charge is -2.32. The quantitative estimate of drug-likeness (QED) is 0.775. The lowest BCUT2D eigenvalue weighted by atomic mass is 9.96. The number of carbonyl (C=O) groups is 2. The van der Waals surface area contributed by atoms with Gasteiger partial charge in [0.25, 0.3) is 5.91 Å². The molecule has 2 aliphatic rings. The van der Waals surface area contributed by atoms with Gasteiger partial charge in [-0.15, -0.1) is 0 Å². The second-order valence-corrected chi connectivity index (χ2v) is 6.70. The second kappa shape index (κ2) is 9.01. The highest BCUT2D eigenvalue weighted by molar-refractivity contribution is 5.94. The van der Waals surface area contributed by atoms with Crippen LogP contribution in [0.4, 0.5) is 0 Å². The van der Waals surface area contributed by atoms with Crippen LogP contribution in [-0.2, 0) is 9.53 Å². The van der Waals surface area contributed by atoms with Crippen LogP contribution in [0.5, 0.6) is 0 Å². The van der Waals surface area contributed by atoms with E-state index in [1.54, 1.807) is 11.0 Å². The Balaban J connectivity index is 1.38. The van der Waals surface area contributed by atoms with Crippen molar-refractivity contribution in [2.45, 2.75) is 19.3 Å². The van der Waals surface area contributed by atoms with E-state index in [0.29, 0.717) is 25.2 Å². The Morgan fingerprint density at radius 1 is 1.24 bits per heavy atom. The Morgan fingerprint density at radius 3 is 2.84 bits per heavy atom. The third kappa shape index (κ3) is 5.06. The molecule has 0 spiro atoms. The van der Waals surface area contributed by atoms with E-state index in [1.807, 2.05) is 0 Å². The lowest BCUT2D eigenvalue weighted by molar-refractivity contribution is -0.126. The SMILES string of the molecule is O=C(NCCCN1CCOCC1)C1CCCN(C(=O)c2ccoc2)C1. The van der Waals surface area contributed by atoms with E-state index in [4.69, 9.17) is 9.15 Å². The smallest absolute Gasteiger partial charge is 0.257 e. The van der Waals surface area contributed by atoms with E-state index < -0.39 is 0 Å². The van der Waals surface area contributed by atoms with Crippen LogP contribution in [0.3, 0.4) is 0 Å². The summed E-state index contributed by atoms with van der Waals surface area (Å²) in [6.07, 6.45) is 5.59. The summed E-state index contributed by atoms with van der Waals surface area (Å²) in [5.74, 6) is -0.113. The highest BCUT2D eigenvalue weighted by atomic mass is 16.5. The van der Waals surface area contributed by atoms with Crippen LogP contribution >= 0.6 is 0 Å². The minimum absolute atomic E-state index is 0.0569. The molecule has 1 atom stereocenters. The van der Waals surface area contributed by atoms with Crippen molar-refractivity contribution in [2.75, 3.05) is 52.5 Å². The summed E-state index contributed by atoms with van der Waals surface area (Å²) in [6, 6.07) is 1.66. The Kier molecular flexibility index (Phi) is 6.47. The molecule has 1 unspecified atom stereocenters. The normalized spacial score (nSPS) is 21.9. The maximum Gasteiger partial charge on any atom is 0.257 e. The van der Waals surface area contributed by atoms with Gasteiger partial charge in [0.2, 0.25) is 5.91 Å². The number of hydrogen-bond donors (Lipinski definition) is 1. The Labute approximate surface area is 148 Å². The number of ether oxygens (including phenoxy) is 1. The first-order valence-corrected chi connectivity index (χ1v) is 9.13. The predicted octanol–water partition coefficient (Wildman–Crippen LogP) is 0.970. The molecule has 7 nitrogen and oxygen atoms in total. The molecule has 0 aliphatic carbocycles. The molecule has 0 saturated carbocycles. The van der Waals surface area contributed by atoms with Crippen molar-refractivity contribution >= 4 is 11.8 Å². The first-order chi connectivity index (χ1) is 12.2. The van der Waals surface area contributed by atoms with Crippen LogP contribution in [0.25, 0.3) is 0 Å².